The molecular weight excluding hydrogens is 362 g/mol. The van der Waals surface area contributed by atoms with Crippen molar-refractivity contribution in [2.75, 3.05) is 10.6 Å². The van der Waals surface area contributed by atoms with Crippen molar-refractivity contribution < 1.29 is 4.79 Å². The number of hydrogen-bond donors (Lipinski definition) is 4. The van der Waals surface area contributed by atoms with Gasteiger partial charge in [0.2, 0.25) is 5.95 Å². The van der Waals surface area contributed by atoms with Crippen LogP contribution in [-0.2, 0) is 0 Å². The molecule has 4 rings (SSSR count). The molecule has 8 nitrogen and oxygen atoms in total. The first-order valence-corrected chi connectivity index (χ1v) is 9.79. The summed E-state index contributed by atoms with van der Waals surface area (Å²) in [4.78, 5) is 16.2. The first-order chi connectivity index (χ1) is 13.1. The van der Waals surface area contributed by atoms with E-state index >= 15 is 0 Å². The molecule has 1 fully saturated rings. The Hall–Kier alpha value is -2.78. The first kappa shape index (κ1) is 17.6. The van der Waals surface area contributed by atoms with Gasteiger partial charge in [-0.1, -0.05) is 12.8 Å². The number of benzene rings is 1. The maximum absolute atomic E-state index is 11.7. The van der Waals surface area contributed by atoms with Crippen LogP contribution in [0.2, 0.25) is 0 Å². The second-order valence-electron chi connectivity index (χ2n) is 6.69. The van der Waals surface area contributed by atoms with Crippen molar-refractivity contribution in [1.82, 2.24) is 15.2 Å². The molecule has 140 valence electrons. The van der Waals surface area contributed by atoms with Crippen LogP contribution in [0.1, 0.15) is 36.2 Å². The maximum Gasteiger partial charge on any atom is 0.273 e. The molecule has 27 heavy (non-hydrogen) atoms. The lowest BCUT2D eigenvalue weighted by molar-refractivity contribution is 0.0995. The predicted octanol–water partition coefficient (Wildman–Crippen LogP) is 2.61. The Morgan fingerprint density at radius 2 is 2.04 bits per heavy atom. The zero-order valence-electron chi connectivity index (χ0n) is 14.7. The molecule has 1 aromatic carbocycles. The summed E-state index contributed by atoms with van der Waals surface area (Å²) in [6.07, 6.45) is 4.18. The van der Waals surface area contributed by atoms with E-state index < -0.39 is 5.91 Å². The zero-order valence-corrected chi connectivity index (χ0v) is 15.5. The molecular formula is C18H21N7OS. The molecule has 1 aliphatic carbocycles. The number of thiophene rings is 1. The summed E-state index contributed by atoms with van der Waals surface area (Å²) < 4.78 is 1.19. The van der Waals surface area contributed by atoms with Gasteiger partial charge in [-0.25, -0.2) is 0 Å². The standard InChI is InChI=1S/C18H21N7OS/c19-12-3-1-2-4-13(12)22-18-23-17(15(16(20)26)24-25-18)21-11-5-6-14-10(9-11)7-8-27-14/h5-9,12-13H,1-4,19H2,(H2,20,26)(H2,21,22,23,25)/t12-,13-/m1/s1. The van der Waals surface area contributed by atoms with Crippen LogP contribution in [0.5, 0.6) is 0 Å². The van der Waals surface area contributed by atoms with Gasteiger partial charge in [0, 0.05) is 22.5 Å². The molecule has 0 saturated heterocycles. The monoisotopic (exact) mass is 383 g/mol. The lowest BCUT2D eigenvalue weighted by Crippen LogP contribution is -2.43. The summed E-state index contributed by atoms with van der Waals surface area (Å²) >= 11 is 1.67. The maximum atomic E-state index is 11.7. The average molecular weight is 383 g/mol. The van der Waals surface area contributed by atoms with E-state index in [1.165, 1.54) is 4.70 Å². The molecule has 0 radical (unpaired) electrons. The van der Waals surface area contributed by atoms with Gasteiger partial charge in [0.05, 0.1) is 0 Å². The van der Waals surface area contributed by atoms with Crippen molar-refractivity contribution in [2.24, 2.45) is 11.5 Å². The number of rotatable bonds is 5. The van der Waals surface area contributed by atoms with Gasteiger partial charge in [0.15, 0.2) is 11.5 Å². The summed E-state index contributed by atoms with van der Waals surface area (Å²) in [5, 5.41) is 17.5. The molecule has 0 spiro atoms. The fraction of sp³-hybridized carbons (Fsp3) is 0.333. The second kappa shape index (κ2) is 7.45. The van der Waals surface area contributed by atoms with Crippen LogP contribution in [0.25, 0.3) is 10.1 Å². The molecule has 1 aliphatic rings. The minimum Gasteiger partial charge on any atom is -0.364 e. The van der Waals surface area contributed by atoms with Gasteiger partial charge >= 0.3 is 0 Å². The number of aromatic nitrogens is 3. The van der Waals surface area contributed by atoms with Crippen molar-refractivity contribution in [1.29, 1.82) is 0 Å². The van der Waals surface area contributed by atoms with Crippen LogP contribution in [0.15, 0.2) is 29.6 Å². The van der Waals surface area contributed by atoms with Crippen molar-refractivity contribution in [3.63, 3.8) is 0 Å². The van der Waals surface area contributed by atoms with E-state index in [0.717, 1.165) is 36.8 Å². The van der Waals surface area contributed by atoms with E-state index in [4.69, 9.17) is 11.5 Å². The summed E-state index contributed by atoms with van der Waals surface area (Å²) in [5.74, 6) is -0.0737. The van der Waals surface area contributed by atoms with Gasteiger partial charge in [-0.3, -0.25) is 4.79 Å². The van der Waals surface area contributed by atoms with Crippen LogP contribution < -0.4 is 22.1 Å². The van der Waals surface area contributed by atoms with E-state index in [9.17, 15) is 4.79 Å². The number of fused-ring (bicyclic) bond motifs is 1. The molecule has 6 N–H and O–H groups in total. The second-order valence-corrected chi connectivity index (χ2v) is 7.64. The highest BCUT2D eigenvalue weighted by Gasteiger charge is 2.23. The van der Waals surface area contributed by atoms with Gasteiger partial charge in [-0.2, -0.15) is 4.98 Å². The lowest BCUT2D eigenvalue weighted by Gasteiger charge is -2.29. The third-order valence-corrected chi connectivity index (χ3v) is 5.67. The van der Waals surface area contributed by atoms with E-state index in [-0.39, 0.29) is 23.6 Å². The number of nitrogens with zero attached hydrogens (tertiary/aromatic N) is 3. The van der Waals surface area contributed by atoms with E-state index in [0.29, 0.717) is 5.95 Å². The van der Waals surface area contributed by atoms with Crippen molar-refractivity contribution >= 4 is 44.8 Å². The number of nitrogens with one attached hydrogen (secondary N) is 2. The van der Waals surface area contributed by atoms with Crippen LogP contribution in [0.4, 0.5) is 17.5 Å². The molecule has 2 heterocycles. The Kier molecular flexibility index (Phi) is 4.87. The topological polar surface area (TPSA) is 132 Å². The molecule has 0 bridgehead atoms. The highest BCUT2D eigenvalue weighted by Crippen LogP contribution is 2.27. The van der Waals surface area contributed by atoms with Gasteiger partial charge in [0.1, 0.15) is 0 Å². The number of amides is 1. The number of carbonyl (C=O) groups excluding carboxylic acids is 1. The van der Waals surface area contributed by atoms with Crippen molar-refractivity contribution in [2.45, 2.75) is 37.8 Å². The van der Waals surface area contributed by atoms with Crippen molar-refractivity contribution in [3.8, 4) is 0 Å². The Morgan fingerprint density at radius 1 is 1.19 bits per heavy atom. The highest BCUT2D eigenvalue weighted by atomic mass is 32.1. The lowest BCUT2D eigenvalue weighted by atomic mass is 9.91. The smallest absolute Gasteiger partial charge is 0.273 e. The Morgan fingerprint density at radius 3 is 2.85 bits per heavy atom. The number of carbonyl (C=O) groups is 1. The van der Waals surface area contributed by atoms with Gasteiger partial charge < -0.3 is 22.1 Å². The molecule has 9 heteroatoms. The van der Waals surface area contributed by atoms with Gasteiger partial charge in [-0.15, -0.1) is 21.5 Å². The third kappa shape index (κ3) is 3.83. The van der Waals surface area contributed by atoms with E-state index in [1.807, 2.05) is 29.6 Å². The summed E-state index contributed by atoms with van der Waals surface area (Å²) in [6.45, 7) is 0. The van der Waals surface area contributed by atoms with Crippen LogP contribution >= 0.6 is 11.3 Å². The molecule has 2 aromatic heterocycles. The van der Waals surface area contributed by atoms with E-state index in [2.05, 4.69) is 25.8 Å². The summed E-state index contributed by atoms with van der Waals surface area (Å²) in [6, 6.07) is 8.11. The third-order valence-electron chi connectivity index (χ3n) is 4.77. The zero-order chi connectivity index (χ0) is 18.8. The fourth-order valence-corrected chi connectivity index (χ4v) is 4.10. The quantitative estimate of drug-likeness (QED) is 0.532. The number of nitrogens with two attached hydrogens (primary N) is 2. The first-order valence-electron chi connectivity index (χ1n) is 8.91. The van der Waals surface area contributed by atoms with Gasteiger partial charge in [-0.05, 0) is 47.9 Å². The SMILES string of the molecule is NC(=O)c1nnc(N[C@@H]2CCCC[C@H]2N)nc1Nc1ccc2sccc2c1. The van der Waals surface area contributed by atoms with Crippen LogP contribution in [-0.4, -0.2) is 33.2 Å². The largest absolute Gasteiger partial charge is 0.364 e. The normalized spacial score (nSPS) is 19.7. The molecule has 3 aromatic rings. The molecule has 1 saturated carbocycles. The molecule has 0 unspecified atom stereocenters. The minimum atomic E-state index is -0.685. The number of anilines is 3. The predicted molar refractivity (Wildman–Crippen MR) is 107 cm³/mol. The molecule has 0 aliphatic heterocycles. The molecule has 1 amide bonds. The summed E-state index contributed by atoms with van der Waals surface area (Å²) in [5.41, 5.74) is 12.4. The highest BCUT2D eigenvalue weighted by molar-refractivity contribution is 7.17. The van der Waals surface area contributed by atoms with Gasteiger partial charge in [0.25, 0.3) is 5.91 Å². The van der Waals surface area contributed by atoms with Crippen LogP contribution in [0.3, 0.4) is 0 Å². The Balaban J connectivity index is 1.61. The van der Waals surface area contributed by atoms with Crippen molar-refractivity contribution in [3.05, 3.63) is 35.3 Å². The summed E-state index contributed by atoms with van der Waals surface area (Å²) in [7, 11) is 0. The number of primary amides is 1. The number of hydrogen-bond acceptors (Lipinski definition) is 8. The van der Waals surface area contributed by atoms with E-state index in [1.54, 1.807) is 11.3 Å². The fourth-order valence-electron chi connectivity index (χ4n) is 3.33. The Labute approximate surface area is 160 Å². The van der Waals surface area contributed by atoms with Crippen LogP contribution in [0, 0.1) is 0 Å². The Bertz CT molecular complexity index is 973. The average Bonchev–Trinajstić information content (AvgIpc) is 3.11. The molecule has 2 atom stereocenters. The minimum absolute atomic E-state index is 0.00101.